The Balaban J connectivity index is -0.000000529. The molecule has 8 N–H and O–H groups in total. The number of aliphatic carboxylic acids is 2. The van der Waals surface area contributed by atoms with E-state index in [1.165, 1.54) is 13.8 Å². The average molecular weight is 505 g/mol. The van der Waals surface area contributed by atoms with Crippen LogP contribution in [-0.2, 0) is 19.2 Å². The van der Waals surface area contributed by atoms with Crippen molar-refractivity contribution in [3.05, 3.63) is 0 Å². The molecule has 188 valence electrons. The predicted octanol–water partition coefficient (Wildman–Crippen LogP) is -4.39. The van der Waals surface area contributed by atoms with Gasteiger partial charge in [0.05, 0.1) is 24.0 Å². The predicted molar refractivity (Wildman–Crippen MR) is 113 cm³/mol. The quantitative estimate of drug-likeness (QED) is 0.124. The molecule has 0 aliphatic heterocycles. The largest absolute Gasteiger partial charge is 2.00 e. The molecule has 0 fully saturated rings. The third kappa shape index (κ3) is 12.9. The number of primary amides is 2. The molecule has 0 saturated heterocycles. The zero-order chi connectivity index (χ0) is 25.9. The van der Waals surface area contributed by atoms with E-state index in [9.17, 15) is 39.6 Å². The summed E-state index contributed by atoms with van der Waals surface area (Å²) in [6.07, 6.45) is -0.408. The van der Waals surface area contributed by atoms with Crippen molar-refractivity contribution in [2.75, 3.05) is 13.2 Å². The van der Waals surface area contributed by atoms with Crippen molar-refractivity contribution in [1.82, 2.24) is 0 Å². The smallest absolute Gasteiger partial charge is 0.550 e. The van der Waals surface area contributed by atoms with Crippen LogP contribution in [0.25, 0.3) is 0 Å². The molecule has 2 amide bonds. The van der Waals surface area contributed by atoms with E-state index in [4.69, 9.17) is 21.7 Å². The van der Waals surface area contributed by atoms with Crippen LogP contribution in [0.1, 0.15) is 53.4 Å². The Morgan fingerprint density at radius 3 is 1.12 bits per heavy atom. The first-order chi connectivity index (χ1) is 14.5. The number of nitrogens with two attached hydrogens (primary N) is 2. The molecule has 0 saturated carbocycles. The van der Waals surface area contributed by atoms with Gasteiger partial charge in [0.1, 0.15) is 0 Å². The summed E-state index contributed by atoms with van der Waals surface area (Å²) >= 11 is 0. The van der Waals surface area contributed by atoms with Crippen LogP contribution in [0.5, 0.6) is 0 Å². The van der Waals surface area contributed by atoms with E-state index < -0.39 is 84.7 Å². The second-order valence-corrected chi connectivity index (χ2v) is 8.25. The van der Waals surface area contributed by atoms with Crippen molar-refractivity contribution in [1.29, 1.82) is 0 Å². The standard InChI is InChI=1S/2C10H19NO5.Ca/c2*1-3-6(9(14)15)7(5-12)10(2,16)4-8(11)13;/h2*6-7,12,16H,3-5H2,1-2H3,(H2,11,13)(H,14,15);/q;;+2/p-2. The van der Waals surface area contributed by atoms with Gasteiger partial charge in [0.2, 0.25) is 11.8 Å². The van der Waals surface area contributed by atoms with Crippen molar-refractivity contribution in [3.8, 4) is 0 Å². The van der Waals surface area contributed by atoms with Crippen LogP contribution in [0.15, 0.2) is 0 Å². The number of rotatable bonds is 14. The maximum atomic E-state index is 10.8. The van der Waals surface area contributed by atoms with Crippen molar-refractivity contribution in [3.63, 3.8) is 0 Å². The Bertz CT molecular complexity index is 588. The van der Waals surface area contributed by atoms with Crippen LogP contribution in [0, 0.1) is 23.7 Å². The average Bonchev–Trinajstić information content (AvgIpc) is 2.60. The second-order valence-electron chi connectivity index (χ2n) is 8.25. The molecule has 0 bridgehead atoms. The fraction of sp³-hybridized carbons (Fsp3) is 0.800. The van der Waals surface area contributed by atoms with Crippen LogP contribution in [0.2, 0.25) is 0 Å². The van der Waals surface area contributed by atoms with Crippen LogP contribution in [-0.4, -0.2) is 106 Å². The number of aliphatic hydroxyl groups excluding tert-OH is 2. The Kier molecular flexibility index (Phi) is 18.4. The first-order valence-corrected chi connectivity index (χ1v) is 10.2. The van der Waals surface area contributed by atoms with Gasteiger partial charge in [-0.15, -0.1) is 0 Å². The number of amides is 2. The Labute approximate surface area is 223 Å². The minimum atomic E-state index is -1.65. The molecule has 0 aromatic heterocycles. The Morgan fingerprint density at radius 1 is 0.758 bits per heavy atom. The minimum Gasteiger partial charge on any atom is -0.550 e. The second kappa shape index (κ2) is 16.6. The molecule has 33 heavy (non-hydrogen) atoms. The third-order valence-electron chi connectivity index (χ3n) is 5.51. The van der Waals surface area contributed by atoms with Gasteiger partial charge in [0.25, 0.3) is 0 Å². The molecule has 13 heteroatoms. The van der Waals surface area contributed by atoms with Gasteiger partial charge in [0, 0.05) is 48.8 Å². The molecule has 6 unspecified atom stereocenters. The first-order valence-electron chi connectivity index (χ1n) is 10.2. The Morgan fingerprint density at radius 2 is 1.00 bits per heavy atom. The zero-order valence-electron chi connectivity index (χ0n) is 19.7. The molecule has 0 aliphatic carbocycles. The van der Waals surface area contributed by atoms with Crippen molar-refractivity contribution in [2.45, 2.75) is 64.6 Å². The minimum absolute atomic E-state index is 0. The summed E-state index contributed by atoms with van der Waals surface area (Å²) in [6.45, 7) is 4.67. The molecular weight excluding hydrogens is 468 g/mol. The van der Waals surface area contributed by atoms with Gasteiger partial charge in [-0.2, -0.15) is 0 Å². The van der Waals surface area contributed by atoms with Crippen molar-refractivity contribution >= 4 is 61.5 Å². The number of hydrogen-bond acceptors (Lipinski definition) is 10. The number of carboxylic acid groups (broad SMARTS) is 2. The summed E-state index contributed by atoms with van der Waals surface area (Å²) in [6, 6.07) is 0. The molecule has 0 heterocycles. The van der Waals surface area contributed by atoms with Crippen LogP contribution < -0.4 is 21.7 Å². The molecule has 0 rings (SSSR count). The summed E-state index contributed by atoms with van der Waals surface area (Å²) in [5.41, 5.74) is 6.59. The monoisotopic (exact) mass is 504 g/mol. The van der Waals surface area contributed by atoms with E-state index in [0.29, 0.717) is 0 Å². The molecule has 12 nitrogen and oxygen atoms in total. The van der Waals surface area contributed by atoms with E-state index in [-0.39, 0.29) is 50.6 Å². The fourth-order valence-corrected chi connectivity index (χ4v) is 3.71. The van der Waals surface area contributed by atoms with Gasteiger partial charge < -0.3 is 51.7 Å². The number of carboxylic acids is 2. The maximum Gasteiger partial charge on any atom is 2.00 e. The SMILES string of the molecule is CCC(C(=O)[O-])C(CO)C(C)(O)CC(N)=O.CCC(C(=O)[O-])C(CO)C(C)(O)CC(N)=O.[Ca+2]. The van der Waals surface area contributed by atoms with E-state index in [1.54, 1.807) is 13.8 Å². The number of hydrogen-bond donors (Lipinski definition) is 6. The molecule has 0 aromatic carbocycles. The summed E-state index contributed by atoms with van der Waals surface area (Å²) in [5, 5.41) is 59.8. The maximum absolute atomic E-state index is 10.8. The van der Waals surface area contributed by atoms with Gasteiger partial charge in [-0.25, -0.2) is 0 Å². The van der Waals surface area contributed by atoms with E-state index in [0.717, 1.165) is 0 Å². The van der Waals surface area contributed by atoms with E-state index >= 15 is 0 Å². The topological polar surface area (TPSA) is 247 Å². The van der Waals surface area contributed by atoms with Crippen LogP contribution >= 0.6 is 0 Å². The normalized spacial score (nSPS) is 17.9. The fourth-order valence-electron chi connectivity index (χ4n) is 3.71. The molecule has 0 radical (unpaired) electrons. The Hall–Kier alpha value is -1.02. The molecule has 0 aliphatic rings. The molecular formula is C20H36CaN2O10. The van der Waals surface area contributed by atoms with Gasteiger partial charge >= 0.3 is 37.7 Å². The first kappa shape index (κ1) is 36.5. The van der Waals surface area contributed by atoms with Crippen LogP contribution in [0.4, 0.5) is 0 Å². The van der Waals surface area contributed by atoms with E-state index in [1.807, 2.05) is 0 Å². The summed E-state index contributed by atoms with van der Waals surface area (Å²) in [4.78, 5) is 43.1. The van der Waals surface area contributed by atoms with Gasteiger partial charge in [-0.3, -0.25) is 9.59 Å². The van der Waals surface area contributed by atoms with Gasteiger partial charge in [0.15, 0.2) is 0 Å². The van der Waals surface area contributed by atoms with E-state index in [2.05, 4.69) is 0 Å². The number of carbonyl (C=O) groups excluding carboxylic acids is 4. The van der Waals surface area contributed by atoms with Crippen LogP contribution in [0.3, 0.4) is 0 Å². The number of carbonyl (C=O) groups is 4. The zero-order valence-corrected chi connectivity index (χ0v) is 21.9. The molecule has 0 spiro atoms. The van der Waals surface area contributed by atoms with Crippen molar-refractivity contribution in [2.24, 2.45) is 35.1 Å². The summed E-state index contributed by atoms with van der Waals surface area (Å²) in [5.74, 6) is -8.20. The van der Waals surface area contributed by atoms with Gasteiger partial charge in [-0.05, 0) is 26.7 Å². The van der Waals surface area contributed by atoms with Crippen molar-refractivity contribution < 1.29 is 49.8 Å². The number of aliphatic hydroxyl groups is 4. The third-order valence-corrected chi connectivity index (χ3v) is 5.51. The van der Waals surface area contributed by atoms with Gasteiger partial charge in [-0.1, -0.05) is 13.8 Å². The molecule has 0 aromatic rings. The summed E-state index contributed by atoms with van der Waals surface area (Å²) < 4.78 is 0. The molecule has 6 atom stereocenters. The summed E-state index contributed by atoms with van der Waals surface area (Å²) in [7, 11) is 0.